The Morgan fingerprint density at radius 3 is 2.80 bits per heavy atom. The SMILES string of the molecule is COC1=CC(=O)c2[nH]cc(CO)c2C1=O. The Morgan fingerprint density at radius 1 is 1.47 bits per heavy atom. The number of ketones is 2. The van der Waals surface area contributed by atoms with E-state index in [1.165, 1.54) is 13.3 Å². The molecule has 0 unspecified atom stereocenters. The Balaban J connectivity index is 2.60. The predicted octanol–water partition coefficient (Wildman–Crippen LogP) is 0.416. The van der Waals surface area contributed by atoms with Crippen molar-refractivity contribution in [2.45, 2.75) is 6.61 Å². The third-order valence-corrected chi connectivity index (χ3v) is 2.31. The van der Waals surface area contributed by atoms with Crippen molar-refractivity contribution in [2.75, 3.05) is 7.11 Å². The molecule has 15 heavy (non-hydrogen) atoms. The van der Waals surface area contributed by atoms with Crippen LogP contribution in [0.1, 0.15) is 26.4 Å². The zero-order chi connectivity index (χ0) is 11.0. The van der Waals surface area contributed by atoms with Crippen LogP contribution in [0.15, 0.2) is 18.0 Å². The number of carbonyl (C=O) groups is 2. The van der Waals surface area contributed by atoms with Gasteiger partial charge in [0.15, 0.2) is 5.76 Å². The van der Waals surface area contributed by atoms with Gasteiger partial charge in [0, 0.05) is 17.8 Å². The number of fused-ring (bicyclic) bond motifs is 1. The maximum Gasteiger partial charge on any atom is 0.230 e. The standard InChI is InChI=1S/C10H9NO4/c1-15-7-2-6(13)9-8(10(7)14)5(4-12)3-11-9/h2-3,11-12H,4H2,1H3. The number of aliphatic hydroxyl groups is 1. The maximum absolute atomic E-state index is 11.8. The van der Waals surface area contributed by atoms with Gasteiger partial charge in [-0.2, -0.15) is 0 Å². The lowest BCUT2D eigenvalue weighted by Gasteiger charge is -2.11. The van der Waals surface area contributed by atoms with E-state index in [1.807, 2.05) is 0 Å². The van der Waals surface area contributed by atoms with E-state index >= 15 is 0 Å². The van der Waals surface area contributed by atoms with Gasteiger partial charge in [0.25, 0.3) is 0 Å². The van der Waals surface area contributed by atoms with Crippen molar-refractivity contribution in [2.24, 2.45) is 0 Å². The molecule has 0 atom stereocenters. The number of rotatable bonds is 2. The zero-order valence-electron chi connectivity index (χ0n) is 8.03. The highest BCUT2D eigenvalue weighted by molar-refractivity contribution is 6.23. The fourth-order valence-corrected chi connectivity index (χ4v) is 1.57. The van der Waals surface area contributed by atoms with Crippen molar-refractivity contribution in [1.29, 1.82) is 0 Å². The summed E-state index contributed by atoms with van der Waals surface area (Å²) in [7, 11) is 1.33. The van der Waals surface area contributed by atoms with Gasteiger partial charge < -0.3 is 14.8 Å². The second-order valence-corrected chi connectivity index (χ2v) is 3.13. The first-order valence-corrected chi connectivity index (χ1v) is 4.35. The number of allylic oxidation sites excluding steroid dienone is 2. The fourth-order valence-electron chi connectivity index (χ4n) is 1.57. The molecule has 2 N–H and O–H groups in total. The van der Waals surface area contributed by atoms with Crippen molar-refractivity contribution in [3.63, 3.8) is 0 Å². The van der Waals surface area contributed by atoms with E-state index < -0.39 is 0 Å². The summed E-state index contributed by atoms with van der Waals surface area (Å²) in [5, 5.41) is 9.00. The van der Waals surface area contributed by atoms with Crippen LogP contribution in [-0.2, 0) is 11.3 Å². The van der Waals surface area contributed by atoms with Gasteiger partial charge in [-0.25, -0.2) is 0 Å². The number of hydrogen-bond acceptors (Lipinski definition) is 4. The van der Waals surface area contributed by atoms with E-state index in [0.29, 0.717) is 5.56 Å². The first-order valence-electron chi connectivity index (χ1n) is 4.35. The summed E-state index contributed by atoms with van der Waals surface area (Å²) >= 11 is 0. The first-order chi connectivity index (χ1) is 7.19. The molecule has 1 aliphatic rings. The minimum atomic E-state index is -0.377. The number of aromatic nitrogens is 1. The quantitative estimate of drug-likeness (QED) is 0.736. The number of nitrogens with one attached hydrogen (secondary N) is 1. The zero-order valence-corrected chi connectivity index (χ0v) is 8.03. The highest BCUT2D eigenvalue weighted by Gasteiger charge is 2.30. The number of aliphatic hydroxyl groups excluding tert-OH is 1. The minimum Gasteiger partial charge on any atom is -0.492 e. The molecule has 0 amide bonds. The smallest absolute Gasteiger partial charge is 0.230 e. The Hall–Kier alpha value is -1.88. The topological polar surface area (TPSA) is 79.4 Å². The highest BCUT2D eigenvalue weighted by Crippen LogP contribution is 2.24. The molecule has 1 aromatic heterocycles. The molecular formula is C10H9NO4. The van der Waals surface area contributed by atoms with Crippen LogP contribution in [-0.4, -0.2) is 28.8 Å². The van der Waals surface area contributed by atoms with Crippen molar-refractivity contribution in [3.05, 3.63) is 34.9 Å². The third kappa shape index (κ3) is 1.28. The molecule has 0 spiro atoms. The molecule has 1 aromatic rings. The fraction of sp³-hybridized carbons (Fsp3) is 0.200. The summed E-state index contributed by atoms with van der Waals surface area (Å²) < 4.78 is 4.79. The van der Waals surface area contributed by atoms with Crippen molar-refractivity contribution >= 4 is 11.6 Å². The van der Waals surface area contributed by atoms with Gasteiger partial charge >= 0.3 is 0 Å². The molecule has 1 heterocycles. The van der Waals surface area contributed by atoms with Crippen LogP contribution in [0.3, 0.4) is 0 Å². The number of ether oxygens (including phenoxy) is 1. The number of methoxy groups -OCH3 is 1. The van der Waals surface area contributed by atoms with Crippen LogP contribution >= 0.6 is 0 Å². The summed E-state index contributed by atoms with van der Waals surface area (Å²) in [6, 6.07) is 0. The van der Waals surface area contributed by atoms with E-state index in [1.54, 1.807) is 0 Å². The van der Waals surface area contributed by atoms with Crippen LogP contribution in [0.25, 0.3) is 0 Å². The highest BCUT2D eigenvalue weighted by atomic mass is 16.5. The van der Waals surface area contributed by atoms with E-state index in [2.05, 4.69) is 4.98 Å². The number of carbonyl (C=O) groups excluding carboxylic acids is 2. The lowest BCUT2D eigenvalue weighted by atomic mass is 9.97. The van der Waals surface area contributed by atoms with E-state index in [-0.39, 0.29) is 35.2 Å². The van der Waals surface area contributed by atoms with Gasteiger partial charge in [-0.05, 0) is 0 Å². The monoisotopic (exact) mass is 207 g/mol. The Bertz CT molecular complexity index is 470. The Labute approximate surface area is 85.4 Å². The van der Waals surface area contributed by atoms with E-state index in [9.17, 15) is 9.59 Å². The molecule has 2 rings (SSSR count). The van der Waals surface area contributed by atoms with Gasteiger partial charge in [-0.1, -0.05) is 0 Å². The van der Waals surface area contributed by atoms with Crippen LogP contribution in [0.4, 0.5) is 0 Å². The van der Waals surface area contributed by atoms with E-state index in [0.717, 1.165) is 6.08 Å². The minimum absolute atomic E-state index is 0.00167. The Kier molecular flexibility index (Phi) is 2.17. The average molecular weight is 207 g/mol. The van der Waals surface area contributed by atoms with Crippen LogP contribution in [0.2, 0.25) is 0 Å². The molecule has 0 fully saturated rings. The van der Waals surface area contributed by atoms with Gasteiger partial charge in [-0.15, -0.1) is 0 Å². The molecule has 0 saturated carbocycles. The molecule has 0 saturated heterocycles. The summed E-state index contributed by atoms with van der Waals surface area (Å²) in [5.41, 5.74) is 0.831. The van der Waals surface area contributed by atoms with Crippen molar-refractivity contribution in [3.8, 4) is 0 Å². The molecule has 0 aromatic carbocycles. The molecule has 5 nitrogen and oxygen atoms in total. The lowest BCUT2D eigenvalue weighted by Crippen LogP contribution is -2.18. The molecule has 0 radical (unpaired) electrons. The van der Waals surface area contributed by atoms with Crippen molar-refractivity contribution < 1.29 is 19.4 Å². The van der Waals surface area contributed by atoms with Crippen LogP contribution < -0.4 is 0 Å². The molecule has 0 aliphatic heterocycles. The van der Waals surface area contributed by atoms with Crippen molar-refractivity contribution in [1.82, 2.24) is 4.98 Å². The van der Waals surface area contributed by atoms with Gasteiger partial charge in [0.05, 0.1) is 25.0 Å². The summed E-state index contributed by atoms with van der Waals surface area (Å²) in [4.78, 5) is 25.9. The molecule has 0 bridgehead atoms. The summed E-state index contributed by atoms with van der Waals surface area (Å²) in [5.74, 6) is -0.694. The molecule has 1 aliphatic carbocycles. The average Bonchev–Trinajstić information content (AvgIpc) is 2.67. The number of aromatic amines is 1. The number of H-pyrrole nitrogens is 1. The predicted molar refractivity (Wildman–Crippen MR) is 50.5 cm³/mol. The Morgan fingerprint density at radius 2 is 2.20 bits per heavy atom. The lowest BCUT2D eigenvalue weighted by molar-refractivity contribution is 0.0913. The summed E-state index contributed by atoms with van der Waals surface area (Å²) in [6.07, 6.45) is 2.59. The first kappa shape index (κ1) is 9.67. The molecule has 5 heteroatoms. The largest absolute Gasteiger partial charge is 0.492 e. The van der Waals surface area contributed by atoms with Crippen LogP contribution in [0, 0.1) is 0 Å². The summed E-state index contributed by atoms with van der Waals surface area (Å²) in [6.45, 7) is -0.290. The number of Topliss-reactive ketones (excluding diaryl/α,β-unsaturated/α-hetero) is 1. The van der Waals surface area contributed by atoms with E-state index in [4.69, 9.17) is 9.84 Å². The normalized spacial score (nSPS) is 14.9. The second kappa shape index (κ2) is 3.36. The second-order valence-electron chi connectivity index (χ2n) is 3.13. The number of hydrogen-bond donors (Lipinski definition) is 2. The third-order valence-electron chi connectivity index (χ3n) is 2.31. The molecule has 78 valence electrons. The van der Waals surface area contributed by atoms with Crippen LogP contribution in [0.5, 0.6) is 0 Å². The molecular weight excluding hydrogens is 198 g/mol. The maximum atomic E-state index is 11.8. The van der Waals surface area contributed by atoms with Gasteiger partial charge in [0.1, 0.15) is 0 Å². The van der Waals surface area contributed by atoms with Gasteiger partial charge in [-0.3, -0.25) is 9.59 Å². The van der Waals surface area contributed by atoms with Gasteiger partial charge in [0.2, 0.25) is 11.6 Å².